The molecule has 38 heavy (non-hydrogen) atoms. The number of nitrogens with one attached hydrogen (secondary N) is 1. The van der Waals surface area contributed by atoms with Crippen molar-refractivity contribution in [3.63, 3.8) is 0 Å². The fourth-order valence-corrected chi connectivity index (χ4v) is 4.10. The molecule has 4 rings (SSSR count). The Kier molecular flexibility index (Phi) is 8.24. The van der Waals surface area contributed by atoms with Crippen LogP contribution in [0.5, 0.6) is 11.5 Å². The molecule has 0 unspecified atom stereocenters. The Bertz CT molecular complexity index is 1500. The molecule has 6 nitrogen and oxygen atoms in total. The summed E-state index contributed by atoms with van der Waals surface area (Å²) in [4.78, 5) is 12.8. The fraction of sp³-hybridized carbons (Fsp3) is 0.161. The maximum absolute atomic E-state index is 13.8. The Balaban J connectivity index is 1.49. The van der Waals surface area contributed by atoms with Gasteiger partial charge >= 0.3 is 0 Å². The summed E-state index contributed by atoms with van der Waals surface area (Å²) in [5.74, 6) is 0.544. The van der Waals surface area contributed by atoms with E-state index in [1.54, 1.807) is 48.5 Å². The van der Waals surface area contributed by atoms with Crippen LogP contribution >= 0.6 is 0 Å². The van der Waals surface area contributed by atoms with Crippen LogP contribution in [0.25, 0.3) is 11.8 Å². The van der Waals surface area contributed by atoms with Crippen molar-refractivity contribution in [2.75, 3.05) is 11.9 Å². The van der Waals surface area contributed by atoms with Crippen molar-refractivity contribution in [1.82, 2.24) is 4.57 Å². The highest BCUT2D eigenvalue weighted by Crippen LogP contribution is 2.25. The molecular formula is C31H28FN3O3. The number of hydrogen-bond acceptors (Lipinski definition) is 4. The van der Waals surface area contributed by atoms with E-state index in [1.165, 1.54) is 6.07 Å². The molecule has 0 atom stereocenters. The first-order chi connectivity index (χ1) is 18.4. The Labute approximate surface area is 221 Å². The van der Waals surface area contributed by atoms with E-state index < -0.39 is 5.91 Å². The van der Waals surface area contributed by atoms with Gasteiger partial charge in [-0.25, -0.2) is 4.39 Å². The van der Waals surface area contributed by atoms with Gasteiger partial charge in [0, 0.05) is 28.3 Å². The topological polar surface area (TPSA) is 76.3 Å². The molecule has 0 fully saturated rings. The number of nitrogens with zero attached hydrogens (tertiary/aromatic N) is 2. The second-order valence-electron chi connectivity index (χ2n) is 8.62. The highest BCUT2D eigenvalue weighted by molar-refractivity contribution is 6.09. The monoisotopic (exact) mass is 509 g/mol. The lowest BCUT2D eigenvalue weighted by Gasteiger charge is -2.12. The number of nitriles is 1. The first-order valence-corrected chi connectivity index (χ1v) is 12.2. The van der Waals surface area contributed by atoms with Crippen molar-refractivity contribution >= 4 is 17.7 Å². The molecule has 0 spiro atoms. The van der Waals surface area contributed by atoms with Crippen molar-refractivity contribution in [3.05, 3.63) is 113 Å². The highest BCUT2D eigenvalue weighted by Gasteiger charge is 2.14. The van der Waals surface area contributed by atoms with Gasteiger partial charge in [0.05, 0.1) is 6.61 Å². The Morgan fingerprint density at radius 1 is 1.00 bits per heavy atom. The summed E-state index contributed by atoms with van der Waals surface area (Å²) < 4.78 is 27.0. The molecule has 1 N–H and O–H groups in total. The number of hydrogen-bond donors (Lipinski definition) is 1. The van der Waals surface area contributed by atoms with E-state index in [9.17, 15) is 14.4 Å². The minimum absolute atomic E-state index is 0.00368. The highest BCUT2D eigenvalue weighted by atomic mass is 19.1. The molecule has 0 saturated heterocycles. The lowest BCUT2D eigenvalue weighted by atomic mass is 10.1. The molecule has 0 aliphatic rings. The Hall–Kier alpha value is -4.83. The summed E-state index contributed by atoms with van der Waals surface area (Å²) in [6.45, 7) is 6.48. The van der Waals surface area contributed by atoms with Crippen molar-refractivity contribution in [2.45, 2.75) is 27.4 Å². The molecule has 1 heterocycles. The fourth-order valence-electron chi connectivity index (χ4n) is 4.10. The van der Waals surface area contributed by atoms with E-state index >= 15 is 0 Å². The van der Waals surface area contributed by atoms with Gasteiger partial charge in [-0.05, 0) is 93.1 Å². The maximum atomic E-state index is 13.8. The number of rotatable bonds is 9. The van der Waals surface area contributed by atoms with Crippen LogP contribution in [-0.2, 0) is 11.4 Å². The molecule has 1 amide bonds. The first kappa shape index (κ1) is 26.2. The van der Waals surface area contributed by atoms with E-state index in [-0.39, 0.29) is 18.0 Å². The number of benzene rings is 3. The van der Waals surface area contributed by atoms with Crippen LogP contribution in [0.2, 0.25) is 0 Å². The Morgan fingerprint density at radius 2 is 1.66 bits per heavy atom. The lowest BCUT2D eigenvalue weighted by Crippen LogP contribution is -2.13. The number of aryl methyl sites for hydroxylation is 1. The number of anilines is 1. The van der Waals surface area contributed by atoms with Gasteiger partial charge in [0.15, 0.2) is 0 Å². The third kappa shape index (κ3) is 6.11. The average Bonchev–Trinajstić information content (AvgIpc) is 3.20. The molecule has 7 heteroatoms. The SMILES string of the molecule is CCOc1ccc(NC(=O)/C(C#N)=C\c2cc(C)n(-c3ccc(OCc4ccccc4F)cc3)c2C)cc1. The van der Waals surface area contributed by atoms with E-state index in [0.29, 0.717) is 29.4 Å². The molecule has 192 valence electrons. The standard InChI is InChI=1S/C31H28FN3O3/c1-4-37-28-13-9-26(10-14-28)34-31(36)25(19-33)18-24-17-21(2)35(22(24)3)27-11-15-29(16-12-27)38-20-23-7-5-6-8-30(23)32/h5-18H,4,20H2,1-3H3,(H,34,36)/b25-18-. The number of halogens is 1. The predicted molar refractivity (Wildman–Crippen MR) is 146 cm³/mol. The van der Waals surface area contributed by atoms with Gasteiger partial charge in [0.25, 0.3) is 5.91 Å². The van der Waals surface area contributed by atoms with Gasteiger partial charge in [-0.2, -0.15) is 5.26 Å². The largest absolute Gasteiger partial charge is 0.494 e. The molecule has 0 bridgehead atoms. The number of amides is 1. The van der Waals surface area contributed by atoms with Crippen LogP contribution < -0.4 is 14.8 Å². The molecule has 0 radical (unpaired) electrons. The minimum Gasteiger partial charge on any atom is -0.494 e. The van der Waals surface area contributed by atoms with Crippen LogP contribution in [0.1, 0.15) is 29.4 Å². The van der Waals surface area contributed by atoms with E-state index in [1.807, 2.05) is 61.7 Å². The van der Waals surface area contributed by atoms with Crippen LogP contribution in [0.4, 0.5) is 10.1 Å². The molecule has 0 aliphatic heterocycles. The van der Waals surface area contributed by atoms with Crippen molar-refractivity contribution in [2.24, 2.45) is 0 Å². The normalized spacial score (nSPS) is 11.1. The summed E-state index contributed by atoms with van der Waals surface area (Å²) in [6, 6.07) is 24.9. The van der Waals surface area contributed by atoms with E-state index in [4.69, 9.17) is 9.47 Å². The van der Waals surface area contributed by atoms with Crippen molar-refractivity contribution in [3.8, 4) is 23.3 Å². The van der Waals surface area contributed by atoms with Crippen molar-refractivity contribution < 1.29 is 18.7 Å². The van der Waals surface area contributed by atoms with Gasteiger partial charge in [-0.15, -0.1) is 0 Å². The molecule has 3 aromatic carbocycles. The molecular weight excluding hydrogens is 481 g/mol. The van der Waals surface area contributed by atoms with E-state index in [2.05, 4.69) is 5.32 Å². The number of carbonyl (C=O) groups excluding carboxylic acids is 1. The van der Waals surface area contributed by atoms with Gasteiger partial charge in [-0.3, -0.25) is 4.79 Å². The van der Waals surface area contributed by atoms with E-state index in [0.717, 1.165) is 22.6 Å². The summed E-state index contributed by atoms with van der Waals surface area (Å²) in [5.41, 5.74) is 4.54. The van der Waals surface area contributed by atoms with Crippen molar-refractivity contribution in [1.29, 1.82) is 5.26 Å². The zero-order valence-electron chi connectivity index (χ0n) is 21.5. The quantitative estimate of drug-likeness (QED) is 0.200. The zero-order valence-corrected chi connectivity index (χ0v) is 21.5. The third-order valence-corrected chi connectivity index (χ3v) is 6.01. The average molecular weight is 510 g/mol. The smallest absolute Gasteiger partial charge is 0.266 e. The summed E-state index contributed by atoms with van der Waals surface area (Å²) in [7, 11) is 0. The molecule has 4 aromatic rings. The van der Waals surface area contributed by atoms with Gasteiger partial charge in [0.1, 0.15) is 35.6 Å². The predicted octanol–water partition coefficient (Wildman–Crippen LogP) is 6.76. The van der Waals surface area contributed by atoms with Crippen LogP contribution in [0.15, 0.2) is 84.4 Å². The second-order valence-corrected chi connectivity index (χ2v) is 8.62. The van der Waals surface area contributed by atoms with Gasteiger partial charge in [-0.1, -0.05) is 18.2 Å². The number of aromatic nitrogens is 1. The molecule has 0 aliphatic carbocycles. The van der Waals surface area contributed by atoms with Crippen LogP contribution in [0, 0.1) is 31.0 Å². The molecule has 1 aromatic heterocycles. The van der Waals surface area contributed by atoms with Crippen LogP contribution in [0.3, 0.4) is 0 Å². The summed E-state index contributed by atoms with van der Waals surface area (Å²) >= 11 is 0. The third-order valence-electron chi connectivity index (χ3n) is 6.01. The first-order valence-electron chi connectivity index (χ1n) is 12.2. The van der Waals surface area contributed by atoms with Gasteiger partial charge < -0.3 is 19.4 Å². The number of carbonyl (C=O) groups is 1. The molecule has 0 saturated carbocycles. The van der Waals surface area contributed by atoms with Gasteiger partial charge in [0.2, 0.25) is 0 Å². The lowest BCUT2D eigenvalue weighted by molar-refractivity contribution is -0.112. The zero-order chi connectivity index (χ0) is 27.1. The summed E-state index contributed by atoms with van der Waals surface area (Å²) in [5, 5.41) is 12.4. The summed E-state index contributed by atoms with van der Waals surface area (Å²) in [6.07, 6.45) is 1.59. The number of ether oxygens (including phenoxy) is 2. The second kappa shape index (κ2) is 11.9. The Morgan fingerprint density at radius 3 is 2.32 bits per heavy atom. The maximum Gasteiger partial charge on any atom is 0.266 e. The van der Waals surface area contributed by atoms with Crippen LogP contribution in [-0.4, -0.2) is 17.1 Å². The minimum atomic E-state index is -0.488.